The van der Waals surface area contributed by atoms with E-state index >= 15 is 0 Å². The lowest BCUT2D eigenvalue weighted by molar-refractivity contribution is -0.146. The van der Waals surface area contributed by atoms with Crippen molar-refractivity contribution in [2.24, 2.45) is 0 Å². The zero-order valence-electron chi connectivity index (χ0n) is 13.6. The molecule has 118 valence electrons. The van der Waals surface area contributed by atoms with E-state index in [4.69, 9.17) is 9.47 Å². The smallest absolute Gasteiger partial charge is 0.323 e. The first-order valence-corrected chi connectivity index (χ1v) is 7.68. The molecule has 1 aromatic rings. The minimum atomic E-state index is -0.296. The number of nitrogens with one attached hydrogen (secondary N) is 1. The monoisotopic (exact) mass is 293 g/mol. The minimum absolute atomic E-state index is 0.199. The van der Waals surface area contributed by atoms with Gasteiger partial charge in [0.25, 0.3) is 0 Å². The summed E-state index contributed by atoms with van der Waals surface area (Å²) in [5.41, 5.74) is 2.35. The van der Waals surface area contributed by atoms with Crippen LogP contribution >= 0.6 is 0 Å². The Bertz CT molecular complexity index is 425. The average molecular weight is 293 g/mol. The van der Waals surface area contributed by atoms with Crippen LogP contribution < -0.4 is 10.1 Å². The van der Waals surface area contributed by atoms with Gasteiger partial charge in [-0.25, -0.2) is 0 Å². The van der Waals surface area contributed by atoms with Gasteiger partial charge in [0.1, 0.15) is 11.8 Å². The lowest BCUT2D eigenvalue weighted by Crippen LogP contribution is -2.39. The highest BCUT2D eigenvalue weighted by Crippen LogP contribution is 2.16. The molecule has 1 unspecified atom stereocenters. The van der Waals surface area contributed by atoms with Crippen molar-refractivity contribution in [3.8, 4) is 5.75 Å². The fourth-order valence-corrected chi connectivity index (χ4v) is 2.18. The van der Waals surface area contributed by atoms with Crippen LogP contribution in [-0.4, -0.2) is 31.8 Å². The van der Waals surface area contributed by atoms with E-state index in [-0.39, 0.29) is 12.0 Å². The summed E-state index contributed by atoms with van der Waals surface area (Å²) in [7, 11) is 0. The molecule has 1 atom stereocenters. The SMILES string of the molecule is CCCNC(CCOc1cc(C)cc(C)c1)C(=O)OCC. The first-order chi connectivity index (χ1) is 10.1. The fraction of sp³-hybridized carbons (Fsp3) is 0.588. The van der Waals surface area contributed by atoms with Crippen molar-refractivity contribution in [1.82, 2.24) is 5.32 Å². The fourth-order valence-electron chi connectivity index (χ4n) is 2.18. The quantitative estimate of drug-likeness (QED) is 0.711. The third-order valence-electron chi connectivity index (χ3n) is 3.08. The van der Waals surface area contributed by atoms with Gasteiger partial charge in [-0.3, -0.25) is 4.79 Å². The van der Waals surface area contributed by atoms with Crippen molar-refractivity contribution in [1.29, 1.82) is 0 Å². The van der Waals surface area contributed by atoms with Gasteiger partial charge in [0.15, 0.2) is 0 Å². The maximum Gasteiger partial charge on any atom is 0.323 e. The molecule has 1 aromatic carbocycles. The van der Waals surface area contributed by atoms with E-state index < -0.39 is 0 Å². The number of benzene rings is 1. The second kappa shape index (κ2) is 9.40. The molecule has 4 nitrogen and oxygen atoms in total. The Morgan fingerprint density at radius 3 is 2.43 bits per heavy atom. The topological polar surface area (TPSA) is 47.6 Å². The van der Waals surface area contributed by atoms with Crippen molar-refractivity contribution in [3.63, 3.8) is 0 Å². The van der Waals surface area contributed by atoms with Crippen LogP contribution in [0.4, 0.5) is 0 Å². The van der Waals surface area contributed by atoms with Crippen LogP contribution in [0.3, 0.4) is 0 Å². The number of aryl methyl sites for hydroxylation is 2. The summed E-state index contributed by atoms with van der Waals surface area (Å²) in [6, 6.07) is 5.82. The normalized spacial score (nSPS) is 12.0. The van der Waals surface area contributed by atoms with Gasteiger partial charge in [0, 0.05) is 6.42 Å². The van der Waals surface area contributed by atoms with Gasteiger partial charge in [-0.1, -0.05) is 13.0 Å². The van der Waals surface area contributed by atoms with Crippen LogP contribution in [-0.2, 0) is 9.53 Å². The van der Waals surface area contributed by atoms with Gasteiger partial charge >= 0.3 is 5.97 Å². The second-order valence-electron chi connectivity index (χ2n) is 5.22. The minimum Gasteiger partial charge on any atom is -0.494 e. The van der Waals surface area contributed by atoms with Crippen LogP contribution in [0.25, 0.3) is 0 Å². The Kier molecular flexibility index (Phi) is 7.83. The summed E-state index contributed by atoms with van der Waals surface area (Å²) in [4.78, 5) is 11.9. The predicted molar refractivity (Wildman–Crippen MR) is 84.7 cm³/mol. The van der Waals surface area contributed by atoms with Crippen molar-refractivity contribution in [2.75, 3.05) is 19.8 Å². The van der Waals surface area contributed by atoms with E-state index in [1.807, 2.05) is 32.9 Å². The van der Waals surface area contributed by atoms with Crippen LogP contribution in [0, 0.1) is 13.8 Å². The van der Waals surface area contributed by atoms with Crippen molar-refractivity contribution in [3.05, 3.63) is 29.3 Å². The molecule has 0 saturated carbocycles. The first-order valence-electron chi connectivity index (χ1n) is 7.68. The lowest BCUT2D eigenvalue weighted by Gasteiger charge is -2.17. The molecule has 0 heterocycles. The molecule has 0 amide bonds. The molecule has 0 radical (unpaired) electrons. The summed E-state index contributed by atoms with van der Waals surface area (Å²) < 4.78 is 10.8. The summed E-state index contributed by atoms with van der Waals surface area (Å²) in [5.74, 6) is 0.653. The summed E-state index contributed by atoms with van der Waals surface area (Å²) in [5, 5.41) is 3.21. The molecule has 0 aliphatic rings. The summed E-state index contributed by atoms with van der Waals surface area (Å²) in [6.45, 7) is 9.67. The molecule has 0 aromatic heterocycles. The number of hydrogen-bond acceptors (Lipinski definition) is 4. The third kappa shape index (κ3) is 6.63. The average Bonchev–Trinajstić information content (AvgIpc) is 2.41. The Balaban J connectivity index is 2.49. The molecular formula is C17H27NO3. The predicted octanol–water partition coefficient (Wildman–Crippen LogP) is 3.00. The number of ether oxygens (including phenoxy) is 2. The number of hydrogen-bond donors (Lipinski definition) is 1. The van der Waals surface area contributed by atoms with Crippen molar-refractivity contribution in [2.45, 2.75) is 46.6 Å². The molecular weight excluding hydrogens is 266 g/mol. The van der Waals surface area contributed by atoms with Crippen LogP contribution in [0.15, 0.2) is 18.2 Å². The largest absolute Gasteiger partial charge is 0.494 e. The maximum atomic E-state index is 11.9. The van der Waals surface area contributed by atoms with E-state index in [2.05, 4.69) is 18.3 Å². The van der Waals surface area contributed by atoms with Crippen LogP contribution in [0.1, 0.15) is 37.8 Å². The Morgan fingerprint density at radius 2 is 1.86 bits per heavy atom. The first kappa shape index (κ1) is 17.5. The molecule has 0 aliphatic carbocycles. The van der Waals surface area contributed by atoms with Gasteiger partial charge < -0.3 is 14.8 Å². The van der Waals surface area contributed by atoms with Gasteiger partial charge in [0.2, 0.25) is 0 Å². The molecule has 0 bridgehead atoms. The highest BCUT2D eigenvalue weighted by atomic mass is 16.5. The Hall–Kier alpha value is -1.55. The van der Waals surface area contributed by atoms with E-state index in [1.54, 1.807) is 0 Å². The molecule has 21 heavy (non-hydrogen) atoms. The molecule has 1 rings (SSSR count). The van der Waals surface area contributed by atoms with Crippen LogP contribution in [0.5, 0.6) is 5.75 Å². The Labute approximate surface area is 127 Å². The van der Waals surface area contributed by atoms with E-state index in [1.165, 1.54) is 11.1 Å². The van der Waals surface area contributed by atoms with Gasteiger partial charge in [-0.15, -0.1) is 0 Å². The molecule has 1 N–H and O–H groups in total. The molecule has 4 heteroatoms. The third-order valence-corrected chi connectivity index (χ3v) is 3.08. The molecule has 0 saturated heterocycles. The number of carbonyl (C=O) groups excluding carboxylic acids is 1. The van der Waals surface area contributed by atoms with Gasteiger partial charge in [-0.2, -0.15) is 0 Å². The van der Waals surface area contributed by atoms with Crippen LogP contribution in [0.2, 0.25) is 0 Å². The summed E-state index contributed by atoms with van der Waals surface area (Å²) in [6.07, 6.45) is 1.58. The van der Waals surface area contributed by atoms with Crippen molar-refractivity contribution < 1.29 is 14.3 Å². The van der Waals surface area contributed by atoms with Gasteiger partial charge in [0.05, 0.1) is 13.2 Å². The molecule has 0 aliphatic heterocycles. The second-order valence-corrected chi connectivity index (χ2v) is 5.22. The zero-order valence-corrected chi connectivity index (χ0v) is 13.6. The Morgan fingerprint density at radius 1 is 1.19 bits per heavy atom. The number of carbonyl (C=O) groups is 1. The number of rotatable bonds is 9. The zero-order chi connectivity index (χ0) is 15.7. The van der Waals surface area contributed by atoms with E-state index in [0.717, 1.165) is 18.7 Å². The number of esters is 1. The maximum absolute atomic E-state index is 11.9. The molecule has 0 fully saturated rings. The van der Waals surface area contributed by atoms with Crippen molar-refractivity contribution >= 4 is 5.97 Å². The van der Waals surface area contributed by atoms with E-state index in [9.17, 15) is 4.79 Å². The molecule has 0 spiro atoms. The highest BCUT2D eigenvalue weighted by Gasteiger charge is 2.18. The van der Waals surface area contributed by atoms with E-state index in [0.29, 0.717) is 19.6 Å². The highest BCUT2D eigenvalue weighted by molar-refractivity contribution is 5.75. The van der Waals surface area contributed by atoms with Gasteiger partial charge in [-0.05, 0) is 57.0 Å². The standard InChI is InChI=1S/C17H27NO3/c1-5-8-18-16(17(19)20-6-2)7-9-21-15-11-13(3)10-14(4)12-15/h10-12,16,18H,5-9H2,1-4H3. The lowest BCUT2D eigenvalue weighted by atomic mass is 10.1. The summed E-state index contributed by atoms with van der Waals surface area (Å²) >= 11 is 0.